The van der Waals surface area contributed by atoms with Crippen LogP contribution in [0.15, 0.2) is 48.9 Å². The van der Waals surface area contributed by atoms with Crippen LogP contribution in [-0.2, 0) is 0 Å². The Kier molecular flexibility index (Phi) is 10.7. The van der Waals surface area contributed by atoms with Crippen molar-refractivity contribution in [3.8, 4) is 16.5 Å². The van der Waals surface area contributed by atoms with E-state index in [1.807, 2.05) is 19.9 Å². The predicted octanol–water partition coefficient (Wildman–Crippen LogP) is 5.11. The number of nitrogens with zero attached hydrogens (tertiary/aromatic N) is 3. The molecule has 0 fully saturated rings. The molecule has 0 aliphatic heterocycles. The summed E-state index contributed by atoms with van der Waals surface area (Å²) in [6, 6.07) is 8.87. The smallest absolute Gasteiger partial charge is 0.302 e. The second-order valence-electron chi connectivity index (χ2n) is 5.81. The van der Waals surface area contributed by atoms with E-state index in [9.17, 15) is 13.6 Å². The highest BCUT2D eigenvalue weighted by Gasteiger charge is 2.13. The number of hydrogen-bond acceptors (Lipinski definition) is 8. The summed E-state index contributed by atoms with van der Waals surface area (Å²) < 4.78 is 31.1. The van der Waals surface area contributed by atoms with Gasteiger partial charge in [0.2, 0.25) is 5.88 Å². The third-order valence-electron chi connectivity index (χ3n) is 3.43. The molecule has 1 amide bonds. The fourth-order valence-electron chi connectivity index (χ4n) is 2.11. The van der Waals surface area contributed by atoms with Crippen molar-refractivity contribution in [3.05, 3.63) is 53.9 Å². The summed E-state index contributed by atoms with van der Waals surface area (Å²) in [6.45, 7) is 5.07. The highest BCUT2D eigenvalue weighted by atomic mass is 32.2. The Morgan fingerprint density at radius 3 is 2.65 bits per heavy atom. The average molecular weight is 468 g/mol. The maximum atomic E-state index is 11.8. The summed E-state index contributed by atoms with van der Waals surface area (Å²) in [5.74, 6) is -2.07. The number of nitrogens with one attached hydrogen (secondary N) is 2. The Balaban J connectivity index is 0.000000262. The molecule has 0 aliphatic rings. The Hall–Kier alpha value is -2.79. The topological polar surface area (TPSA) is 89.0 Å². The second kappa shape index (κ2) is 13.5. The van der Waals surface area contributed by atoms with Gasteiger partial charge in [-0.05, 0) is 25.5 Å². The van der Waals surface area contributed by atoms with Gasteiger partial charge in [0.25, 0.3) is 5.91 Å². The first-order chi connectivity index (χ1) is 15.0. The van der Waals surface area contributed by atoms with Gasteiger partial charge in [0.15, 0.2) is 5.01 Å². The molecule has 3 aromatic rings. The van der Waals surface area contributed by atoms with Crippen molar-refractivity contribution in [2.75, 3.05) is 17.9 Å². The SMILES string of the molecule is CCCNC(=O)c1ncc(-c2cncc(OCC)n2)s1.FC(F)SNc1ccccc1. The number of benzene rings is 1. The minimum absolute atomic E-state index is 0.156. The van der Waals surface area contributed by atoms with Crippen molar-refractivity contribution in [2.24, 2.45) is 0 Å². The average Bonchev–Trinajstić information content (AvgIpc) is 3.28. The first-order valence-corrected chi connectivity index (χ1v) is 11.2. The summed E-state index contributed by atoms with van der Waals surface area (Å²) in [5.41, 5.74) is 1.35. The Bertz CT molecular complexity index is 929. The number of anilines is 1. The number of ether oxygens (including phenoxy) is 1. The maximum Gasteiger partial charge on any atom is 0.302 e. The quantitative estimate of drug-likeness (QED) is 0.423. The van der Waals surface area contributed by atoms with E-state index >= 15 is 0 Å². The van der Waals surface area contributed by atoms with Crippen molar-refractivity contribution in [2.45, 2.75) is 26.0 Å². The van der Waals surface area contributed by atoms with Crippen molar-refractivity contribution in [3.63, 3.8) is 0 Å². The van der Waals surface area contributed by atoms with Crippen LogP contribution in [0.5, 0.6) is 5.88 Å². The molecule has 0 radical (unpaired) electrons. The van der Waals surface area contributed by atoms with Gasteiger partial charge in [-0.2, -0.15) is 8.78 Å². The van der Waals surface area contributed by atoms with Crippen LogP contribution in [0.25, 0.3) is 10.6 Å². The van der Waals surface area contributed by atoms with Gasteiger partial charge >= 0.3 is 5.76 Å². The molecule has 7 nitrogen and oxygen atoms in total. The van der Waals surface area contributed by atoms with Crippen LogP contribution in [0.1, 0.15) is 30.1 Å². The van der Waals surface area contributed by atoms with E-state index in [2.05, 4.69) is 25.0 Å². The van der Waals surface area contributed by atoms with E-state index in [0.29, 0.717) is 47.4 Å². The largest absolute Gasteiger partial charge is 0.477 e. The molecule has 0 saturated carbocycles. The van der Waals surface area contributed by atoms with Crippen LogP contribution in [0, 0.1) is 0 Å². The zero-order chi connectivity index (χ0) is 22.5. The molecule has 2 heterocycles. The number of amides is 1. The first-order valence-electron chi connectivity index (χ1n) is 9.47. The fraction of sp³-hybridized carbons (Fsp3) is 0.300. The summed E-state index contributed by atoms with van der Waals surface area (Å²) in [6.07, 6.45) is 5.71. The van der Waals surface area contributed by atoms with Crippen LogP contribution < -0.4 is 14.8 Å². The van der Waals surface area contributed by atoms with E-state index in [0.717, 1.165) is 11.3 Å². The lowest BCUT2D eigenvalue weighted by Gasteiger charge is -2.02. The molecule has 0 spiro atoms. The van der Waals surface area contributed by atoms with Crippen molar-refractivity contribution < 1.29 is 18.3 Å². The number of para-hydroxylation sites is 1. The third kappa shape index (κ3) is 8.85. The van der Waals surface area contributed by atoms with Crippen LogP contribution in [0.4, 0.5) is 14.5 Å². The molecule has 1 aromatic carbocycles. The normalized spacial score (nSPS) is 10.2. The Morgan fingerprint density at radius 1 is 1.19 bits per heavy atom. The Labute approximate surface area is 187 Å². The minimum atomic E-state index is -2.38. The van der Waals surface area contributed by atoms with E-state index in [1.165, 1.54) is 11.3 Å². The summed E-state index contributed by atoms with van der Waals surface area (Å²) in [5, 5.41) is 3.22. The van der Waals surface area contributed by atoms with E-state index < -0.39 is 5.76 Å². The zero-order valence-electron chi connectivity index (χ0n) is 17.0. The summed E-state index contributed by atoms with van der Waals surface area (Å²) in [4.78, 5) is 25.1. The van der Waals surface area contributed by atoms with E-state index in [4.69, 9.17) is 4.74 Å². The van der Waals surface area contributed by atoms with E-state index in [-0.39, 0.29) is 5.91 Å². The van der Waals surface area contributed by atoms with Crippen LogP contribution in [0.2, 0.25) is 0 Å². The van der Waals surface area contributed by atoms with Crippen LogP contribution >= 0.6 is 23.3 Å². The number of carbonyl (C=O) groups is 1. The number of carbonyl (C=O) groups excluding carboxylic acids is 1. The van der Waals surface area contributed by atoms with Gasteiger partial charge in [-0.15, -0.1) is 11.3 Å². The van der Waals surface area contributed by atoms with Crippen LogP contribution in [0.3, 0.4) is 0 Å². The van der Waals surface area contributed by atoms with Gasteiger partial charge < -0.3 is 14.8 Å². The lowest BCUT2D eigenvalue weighted by atomic mass is 10.3. The maximum absolute atomic E-state index is 11.8. The number of hydrogen-bond donors (Lipinski definition) is 2. The standard InChI is InChI=1S/C13H16N4O2S.C7H7F2NS/c1-3-5-15-12(18)13-16-7-10(20-13)9-6-14-8-11(17-9)19-4-2;8-7(9)11-10-6-4-2-1-3-5-6/h6-8H,3-5H2,1-2H3,(H,15,18);1-5,7,10H. The fourth-order valence-corrected chi connectivity index (χ4v) is 3.26. The second-order valence-corrected chi connectivity index (χ2v) is 7.63. The highest BCUT2D eigenvalue weighted by molar-refractivity contribution is 8.00. The molecule has 3 rings (SSSR count). The number of rotatable bonds is 9. The molecular formula is C20H23F2N5O2S2. The monoisotopic (exact) mass is 467 g/mol. The molecule has 0 saturated heterocycles. The molecular weight excluding hydrogens is 444 g/mol. The number of aromatic nitrogens is 3. The molecule has 11 heteroatoms. The van der Waals surface area contributed by atoms with Crippen molar-refractivity contribution >= 4 is 34.9 Å². The summed E-state index contributed by atoms with van der Waals surface area (Å²) in [7, 11) is 0. The first kappa shape index (κ1) is 24.5. The lowest BCUT2D eigenvalue weighted by molar-refractivity contribution is 0.0953. The lowest BCUT2D eigenvalue weighted by Crippen LogP contribution is -2.23. The Morgan fingerprint density at radius 2 is 1.97 bits per heavy atom. The van der Waals surface area contributed by atoms with Gasteiger partial charge in [0.05, 0.1) is 23.9 Å². The van der Waals surface area contributed by atoms with Gasteiger partial charge in [0, 0.05) is 30.4 Å². The van der Waals surface area contributed by atoms with Gasteiger partial charge in [0.1, 0.15) is 5.69 Å². The minimum Gasteiger partial charge on any atom is -0.477 e. The molecule has 0 atom stereocenters. The number of thiazole rings is 1. The number of halogens is 2. The van der Waals surface area contributed by atoms with Crippen molar-refractivity contribution in [1.82, 2.24) is 20.3 Å². The molecule has 2 N–H and O–H groups in total. The molecule has 0 bridgehead atoms. The zero-order valence-corrected chi connectivity index (χ0v) is 18.7. The molecule has 0 unspecified atom stereocenters. The summed E-state index contributed by atoms with van der Waals surface area (Å²) >= 11 is 1.69. The predicted molar refractivity (Wildman–Crippen MR) is 121 cm³/mol. The molecule has 166 valence electrons. The van der Waals surface area contributed by atoms with Gasteiger partial charge in [-0.1, -0.05) is 25.1 Å². The third-order valence-corrected chi connectivity index (χ3v) is 4.98. The van der Waals surface area contributed by atoms with Crippen LogP contribution in [-0.4, -0.2) is 39.8 Å². The van der Waals surface area contributed by atoms with Gasteiger partial charge in [-0.3, -0.25) is 9.78 Å². The molecule has 2 aromatic heterocycles. The molecule has 31 heavy (non-hydrogen) atoms. The van der Waals surface area contributed by atoms with Crippen molar-refractivity contribution in [1.29, 1.82) is 0 Å². The molecule has 0 aliphatic carbocycles. The van der Waals surface area contributed by atoms with E-state index in [1.54, 1.807) is 42.9 Å². The van der Waals surface area contributed by atoms with Gasteiger partial charge in [-0.25, -0.2) is 9.97 Å². The number of alkyl halides is 2. The highest BCUT2D eigenvalue weighted by Crippen LogP contribution is 2.25.